The second-order valence-corrected chi connectivity index (χ2v) is 13.7. The maximum atomic E-state index is 9.30. The van der Waals surface area contributed by atoms with Crippen molar-refractivity contribution >= 4 is 11.3 Å². The molecule has 0 aromatic carbocycles. The maximum Gasteiger partial charge on any atom is 0.0960 e. The maximum absolute atomic E-state index is 9.30. The summed E-state index contributed by atoms with van der Waals surface area (Å²) in [6.07, 6.45) is 10.6. The highest BCUT2D eigenvalue weighted by Gasteiger charge is 2.50. The van der Waals surface area contributed by atoms with Crippen molar-refractivity contribution in [2.45, 2.75) is 90.9 Å². The predicted octanol–water partition coefficient (Wildman–Crippen LogP) is 6.30. The van der Waals surface area contributed by atoms with Gasteiger partial charge in [0.1, 0.15) is 0 Å². The number of likely N-dealkylation sites (tertiary alicyclic amines) is 1. The minimum Gasteiger partial charge on any atom is -0.396 e. The number of rotatable bonds is 5. The smallest absolute Gasteiger partial charge is 0.0960 e. The average molecular weight is 445 g/mol. The van der Waals surface area contributed by atoms with Crippen LogP contribution in [0.5, 0.6) is 0 Å². The molecule has 2 heterocycles. The van der Waals surface area contributed by atoms with Crippen molar-refractivity contribution in [3.8, 4) is 0 Å². The van der Waals surface area contributed by atoms with Gasteiger partial charge < -0.3 is 10.0 Å². The molecule has 0 amide bonds. The zero-order valence-electron chi connectivity index (χ0n) is 20.3. The Balaban J connectivity index is 1.19. The van der Waals surface area contributed by atoms with Crippen LogP contribution >= 0.6 is 11.3 Å². The summed E-state index contributed by atoms with van der Waals surface area (Å²) in [5.74, 6) is 4.46. The molecule has 3 nitrogen and oxygen atoms in total. The minimum absolute atomic E-state index is 0.389. The molecule has 5 unspecified atom stereocenters. The number of aliphatic hydroxyl groups excluding tert-OH is 1. The van der Waals surface area contributed by atoms with E-state index in [4.69, 9.17) is 4.98 Å². The lowest BCUT2D eigenvalue weighted by molar-refractivity contribution is -0.0501. The molecule has 1 saturated heterocycles. The van der Waals surface area contributed by atoms with Gasteiger partial charge in [-0.1, -0.05) is 27.7 Å². The van der Waals surface area contributed by atoms with Crippen molar-refractivity contribution in [3.05, 3.63) is 16.1 Å². The normalized spacial score (nSPS) is 38.0. The summed E-state index contributed by atoms with van der Waals surface area (Å²) in [6.45, 7) is 14.1. The summed E-state index contributed by atoms with van der Waals surface area (Å²) >= 11 is 1.95. The van der Waals surface area contributed by atoms with Crippen molar-refractivity contribution in [2.75, 3.05) is 26.2 Å². The van der Waals surface area contributed by atoms with Crippen LogP contribution in [0.2, 0.25) is 0 Å². The molecule has 4 fully saturated rings. The van der Waals surface area contributed by atoms with Gasteiger partial charge in [-0.05, 0) is 99.0 Å². The van der Waals surface area contributed by atoms with Gasteiger partial charge in [-0.3, -0.25) is 0 Å². The number of piperidine rings is 1. The number of hydrogen-bond donors (Lipinski definition) is 1. The van der Waals surface area contributed by atoms with Crippen LogP contribution in [-0.2, 0) is 0 Å². The number of fused-ring (bicyclic) bond motifs is 1. The number of aromatic nitrogens is 1. The van der Waals surface area contributed by atoms with E-state index in [2.05, 4.69) is 38.0 Å². The highest BCUT2D eigenvalue weighted by molar-refractivity contribution is 7.09. The lowest BCUT2D eigenvalue weighted by atomic mass is 9.49. The number of nitrogens with zero attached hydrogens (tertiary/aromatic N) is 2. The Labute approximate surface area is 194 Å². The predicted molar refractivity (Wildman–Crippen MR) is 130 cm³/mol. The van der Waals surface area contributed by atoms with E-state index in [9.17, 15) is 5.11 Å². The average Bonchev–Trinajstić information content (AvgIpc) is 3.32. The van der Waals surface area contributed by atoms with Crippen LogP contribution < -0.4 is 0 Å². The van der Waals surface area contributed by atoms with Crippen LogP contribution in [0.15, 0.2) is 5.38 Å². The summed E-state index contributed by atoms with van der Waals surface area (Å²) in [4.78, 5) is 7.91. The molecule has 0 bridgehead atoms. The molecule has 1 N–H and O–H groups in total. The van der Waals surface area contributed by atoms with Crippen LogP contribution in [0.4, 0.5) is 0 Å². The molecule has 1 aromatic rings. The Kier molecular flexibility index (Phi) is 6.06. The Morgan fingerprint density at radius 3 is 2.32 bits per heavy atom. The Morgan fingerprint density at radius 2 is 1.65 bits per heavy atom. The van der Waals surface area contributed by atoms with E-state index in [0.717, 1.165) is 17.8 Å². The van der Waals surface area contributed by atoms with Crippen LogP contribution in [-0.4, -0.2) is 41.2 Å². The van der Waals surface area contributed by atoms with Crippen molar-refractivity contribution in [1.29, 1.82) is 0 Å². The summed E-state index contributed by atoms with van der Waals surface area (Å²) < 4.78 is 0. The highest BCUT2D eigenvalue weighted by Crippen LogP contribution is 2.59. The molecule has 1 aromatic heterocycles. The quantitative estimate of drug-likeness (QED) is 0.579. The Morgan fingerprint density at radius 1 is 0.935 bits per heavy atom. The third-order valence-corrected chi connectivity index (χ3v) is 11.0. The first kappa shape index (κ1) is 22.3. The first-order chi connectivity index (χ1) is 14.8. The Bertz CT molecular complexity index is 763. The second kappa shape index (κ2) is 8.40. The first-order valence-corrected chi connectivity index (χ1v) is 13.9. The zero-order chi connectivity index (χ0) is 21.8. The second-order valence-electron chi connectivity index (χ2n) is 12.8. The summed E-state index contributed by atoms with van der Waals surface area (Å²) in [7, 11) is 0. The molecular weight excluding hydrogens is 400 g/mol. The first-order valence-electron chi connectivity index (χ1n) is 13.1. The summed E-state index contributed by atoms with van der Waals surface area (Å²) in [5, 5.41) is 13.1. The van der Waals surface area contributed by atoms with Crippen molar-refractivity contribution < 1.29 is 5.11 Å². The van der Waals surface area contributed by atoms with Gasteiger partial charge in [0.15, 0.2) is 0 Å². The molecule has 1 aliphatic heterocycles. The van der Waals surface area contributed by atoms with Gasteiger partial charge in [-0.15, -0.1) is 11.3 Å². The monoisotopic (exact) mass is 444 g/mol. The van der Waals surface area contributed by atoms with Crippen molar-refractivity contribution in [3.63, 3.8) is 0 Å². The van der Waals surface area contributed by atoms with Crippen LogP contribution in [0.1, 0.15) is 102 Å². The molecule has 31 heavy (non-hydrogen) atoms. The molecule has 4 aliphatic rings. The number of aliphatic hydroxyl groups is 1. The standard InChI is InChI=1S/C27H44N2OS/c1-26(2)9-10-27(3,4)23-14-19(5-6-22(23)26)24-17-31-25(28-24)18-7-11-29(12-8-18)15-20-13-21(20)16-30/h17-23,30H,5-16H2,1-4H3. The zero-order valence-corrected chi connectivity index (χ0v) is 21.1. The fourth-order valence-electron chi connectivity index (χ4n) is 7.38. The van der Waals surface area contributed by atoms with E-state index in [1.807, 2.05) is 11.3 Å². The van der Waals surface area contributed by atoms with Crippen LogP contribution in [0, 0.1) is 34.5 Å². The van der Waals surface area contributed by atoms with E-state index in [1.54, 1.807) is 0 Å². The van der Waals surface area contributed by atoms with E-state index >= 15 is 0 Å². The molecule has 4 heteroatoms. The van der Waals surface area contributed by atoms with E-state index in [-0.39, 0.29) is 0 Å². The third kappa shape index (κ3) is 4.51. The van der Waals surface area contributed by atoms with Crippen LogP contribution in [0.3, 0.4) is 0 Å². The SMILES string of the molecule is CC1(C)CCC(C)(C)C2CC(c3csc(C4CCN(CC5CC5CO)CC4)n3)CCC21. The fourth-order valence-corrected chi connectivity index (χ4v) is 8.45. The topological polar surface area (TPSA) is 36.4 Å². The molecule has 3 aliphatic carbocycles. The van der Waals surface area contributed by atoms with Crippen molar-refractivity contribution in [2.24, 2.45) is 34.5 Å². The van der Waals surface area contributed by atoms with Gasteiger partial charge in [0, 0.05) is 30.4 Å². The minimum atomic E-state index is 0.389. The molecule has 0 radical (unpaired) electrons. The van der Waals surface area contributed by atoms with Gasteiger partial charge in [-0.2, -0.15) is 0 Å². The van der Waals surface area contributed by atoms with Gasteiger partial charge in [0.2, 0.25) is 0 Å². The lowest BCUT2D eigenvalue weighted by Crippen LogP contribution is -2.46. The summed E-state index contributed by atoms with van der Waals surface area (Å²) in [6, 6.07) is 0. The van der Waals surface area contributed by atoms with Gasteiger partial charge in [0.25, 0.3) is 0 Å². The summed E-state index contributed by atoms with van der Waals surface area (Å²) in [5.41, 5.74) is 2.43. The molecule has 5 atom stereocenters. The highest BCUT2D eigenvalue weighted by atomic mass is 32.1. The third-order valence-electron chi connectivity index (χ3n) is 9.96. The molecule has 0 spiro atoms. The van der Waals surface area contributed by atoms with E-state index in [0.29, 0.717) is 35.2 Å². The number of thiazole rings is 1. The number of hydrogen-bond acceptors (Lipinski definition) is 4. The van der Waals surface area contributed by atoms with Gasteiger partial charge in [-0.25, -0.2) is 4.98 Å². The molecular formula is C27H44N2OS. The van der Waals surface area contributed by atoms with E-state index < -0.39 is 0 Å². The van der Waals surface area contributed by atoms with Crippen LogP contribution in [0.25, 0.3) is 0 Å². The van der Waals surface area contributed by atoms with Crippen molar-refractivity contribution in [1.82, 2.24) is 9.88 Å². The van der Waals surface area contributed by atoms with Gasteiger partial charge >= 0.3 is 0 Å². The van der Waals surface area contributed by atoms with Gasteiger partial charge in [0.05, 0.1) is 10.7 Å². The van der Waals surface area contributed by atoms with E-state index in [1.165, 1.54) is 81.7 Å². The molecule has 5 rings (SSSR count). The molecule has 174 valence electrons. The fraction of sp³-hybridized carbons (Fsp3) is 0.889. The molecule has 3 saturated carbocycles. The Hall–Kier alpha value is -0.450. The lowest BCUT2D eigenvalue weighted by Gasteiger charge is -2.55. The largest absolute Gasteiger partial charge is 0.396 e.